The zero-order chi connectivity index (χ0) is 15.4. The third-order valence-corrected chi connectivity index (χ3v) is 4.30. The van der Waals surface area contributed by atoms with Gasteiger partial charge in [-0.3, -0.25) is 0 Å². The summed E-state index contributed by atoms with van der Waals surface area (Å²) in [6.07, 6.45) is 3.82. The predicted molar refractivity (Wildman–Crippen MR) is 92.6 cm³/mol. The average molecular weight is 299 g/mol. The first-order chi connectivity index (χ1) is 10.8. The van der Waals surface area contributed by atoms with Crippen LogP contribution in [0.3, 0.4) is 0 Å². The summed E-state index contributed by atoms with van der Waals surface area (Å²) in [7, 11) is 1.97. The zero-order valence-electron chi connectivity index (χ0n) is 13.5. The molecule has 118 valence electrons. The molecule has 2 N–H and O–H groups in total. The maximum atomic E-state index is 4.81. The van der Waals surface area contributed by atoms with E-state index in [0.29, 0.717) is 6.04 Å². The fraction of sp³-hybridized carbons (Fsp3) is 0.529. The summed E-state index contributed by atoms with van der Waals surface area (Å²) in [6.45, 7) is 5.13. The molecule has 1 unspecified atom stereocenters. The Kier molecular flexibility index (Phi) is 4.73. The van der Waals surface area contributed by atoms with Gasteiger partial charge in [0.2, 0.25) is 5.95 Å². The van der Waals surface area contributed by atoms with Crippen molar-refractivity contribution in [3.05, 3.63) is 24.3 Å². The van der Waals surface area contributed by atoms with Crippen LogP contribution in [0, 0.1) is 0 Å². The Labute approximate surface area is 132 Å². The summed E-state index contributed by atoms with van der Waals surface area (Å²) >= 11 is 0. The minimum absolute atomic E-state index is 0.383. The second-order valence-electron chi connectivity index (χ2n) is 6.01. The molecule has 5 nitrogen and oxygen atoms in total. The van der Waals surface area contributed by atoms with Gasteiger partial charge in [-0.05, 0) is 45.4 Å². The molecule has 1 atom stereocenters. The largest absolute Gasteiger partial charge is 0.356 e. The molecular weight excluding hydrogens is 274 g/mol. The highest BCUT2D eigenvalue weighted by molar-refractivity contribution is 5.90. The Hall–Kier alpha value is -1.88. The van der Waals surface area contributed by atoms with E-state index in [1.807, 2.05) is 13.1 Å². The molecule has 1 aliphatic rings. The molecule has 1 fully saturated rings. The SMILES string of the molecule is CNC(C)CNc1nc(N2CCCCC2)c2ccccc2n1. The number of fused-ring (bicyclic) bond motifs is 1. The molecule has 0 aliphatic carbocycles. The first kappa shape index (κ1) is 15.0. The molecule has 2 aromatic rings. The van der Waals surface area contributed by atoms with Gasteiger partial charge < -0.3 is 15.5 Å². The summed E-state index contributed by atoms with van der Waals surface area (Å²) in [4.78, 5) is 11.9. The first-order valence-electron chi connectivity index (χ1n) is 8.21. The quantitative estimate of drug-likeness (QED) is 0.889. The summed E-state index contributed by atoms with van der Waals surface area (Å²) in [6, 6.07) is 8.68. The molecule has 1 aliphatic heterocycles. The number of aromatic nitrogens is 2. The summed E-state index contributed by atoms with van der Waals surface area (Å²) < 4.78 is 0. The summed E-state index contributed by atoms with van der Waals surface area (Å²) in [5, 5.41) is 7.73. The number of anilines is 2. The highest BCUT2D eigenvalue weighted by Crippen LogP contribution is 2.27. The van der Waals surface area contributed by atoms with Crippen molar-refractivity contribution in [1.29, 1.82) is 0 Å². The van der Waals surface area contributed by atoms with Crippen LogP contribution in [0.4, 0.5) is 11.8 Å². The molecule has 0 bridgehead atoms. The minimum Gasteiger partial charge on any atom is -0.356 e. The van der Waals surface area contributed by atoms with Gasteiger partial charge in [0.05, 0.1) is 5.52 Å². The van der Waals surface area contributed by atoms with Crippen molar-refractivity contribution in [2.45, 2.75) is 32.2 Å². The minimum atomic E-state index is 0.383. The normalized spacial score (nSPS) is 16.7. The van der Waals surface area contributed by atoms with Gasteiger partial charge in [0.15, 0.2) is 0 Å². The highest BCUT2D eigenvalue weighted by Gasteiger charge is 2.16. The monoisotopic (exact) mass is 299 g/mol. The van der Waals surface area contributed by atoms with Crippen LogP contribution >= 0.6 is 0 Å². The lowest BCUT2D eigenvalue weighted by Crippen LogP contribution is -2.32. The van der Waals surface area contributed by atoms with E-state index in [1.165, 1.54) is 19.3 Å². The molecule has 5 heteroatoms. The van der Waals surface area contributed by atoms with Gasteiger partial charge in [0.25, 0.3) is 0 Å². The van der Waals surface area contributed by atoms with Crippen molar-refractivity contribution >= 4 is 22.7 Å². The van der Waals surface area contributed by atoms with E-state index in [1.54, 1.807) is 0 Å². The van der Waals surface area contributed by atoms with Crippen LogP contribution < -0.4 is 15.5 Å². The molecule has 1 aromatic heterocycles. The Balaban J connectivity index is 1.93. The maximum absolute atomic E-state index is 4.81. The second kappa shape index (κ2) is 6.92. The Morgan fingerprint density at radius 2 is 1.91 bits per heavy atom. The van der Waals surface area contributed by atoms with Crippen molar-refractivity contribution in [3.8, 4) is 0 Å². The van der Waals surface area contributed by atoms with Crippen molar-refractivity contribution in [2.75, 3.05) is 36.9 Å². The van der Waals surface area contributed by atoms with Gasteiger partial charge in [0.1, 0.15) is 5.82 Å². The van der Waals surface area contributed by atoms with E-state index in [2.05, 4.69) is 45.6 Å². The lowest BCUT2D eigenvalue weighted by molar-refractivity contribution is 0.574. The molecule has 3 rings (SSSR count). The molecule has 0 amide bonds. The second-order valence-corrected chi connectivity index (χ2v) is 6.01. The average Bonchev–Trinajstić information content (AvgIpc) is 2.59. The third-order valence-electron chi connectivity index (χ3n) is 4.30. The number of benzene rings is 1. The van der Waals surface area contributed by atoms with Crippen LogP contribution in [0.25, 0.3) is 10.9 Å². The van der Waals surface area contributed by atoms with Gasteiger partial charge in [-0.1, -0.05) is 12.1 Å². The van der Waals surface area contributed by atoms with E-state index in [0.717, 1.165) is 42.3 Å². The van der Waals surface area contributed by atoms with Gasteiger partial charge >= 0.3 is 0 Å². The third kappa shape index (κ3) is 3.30. The fourth-order valence-electron chi connectivity index (χ4n) is 2.83. The molecule has 0 spiro atoms. The topological polar surface area (TPSA) is 53.1 Å². The number of rotatable bonds is 5. The summed E-state index contributed by atoms with van der Waals surface area (Å²) in [5.74, 6) is 1.80. The van der Waals surface area contributed by atoms with E-state index in [4.69, 9.17) is 4.98 Å². The Morgan fingerprint density at radius 1 is 1.14 bits per heavy atom. The molecule has 1 saturated heterocycles. The first-order valence-corrected chi connectivity index (χ1v) is 8.21. The molecule has 0 radical (unpaired) electrons. The van der Waals surface area contributed by atoms with Crippen molar-refractivity contribution in [1.82, 2.24) is 15.3 Å². The van der Waals surface area contributed by atoms with E-state index in [9.17, 15) is 0 Å². The van der Waals surface area contributed by atoms with Crippen LogP contribution in [0.5, 0.6) is 0 Å². The van der Waals surface area contributed by atoms with Crippen molar-refractivity contribution in [3.63, 3.8) is 0 Å². The Morgan fingerprint density at radius 3 is 2.68 bits per heavy atom. The number of likely N-dealkylation sites (N-methyl/N-ethyl adjacent to an activating group) is 1. The maximum Gasteiger partial charge on any atom is 0.225 e. The summed E-state index contributed by atoms with van der Waals surface area (Å²) in [5.41, 5.74) is 1.01. The van der Waals surface area contributed by atoms with Crippen molar-refractivity contribution < 1.29 is 0 Å². The number of hydrogen-bond acceptors (Lipinski definition) is 5. The molecule has 2 heterocycles. The number of para-hydroxylation sites is 1. The fourth-order valence-corrected chi connectivity index (χ4v) is 2.83. The Bertz CT molecular complexity index is 621. The molecule has 1 aromatic carbocycles. The zero-order valence-corrected chi connectivity index (χ0v) is 13.5. The standard InChI is InChI=1S/C17H25N5/c1-13(18-2)12-19-17-20-15-9-5-4-8-14(15)16(21-17)22-10-6-3-7-11-22/h4-5,8-9,13,18H,3,6-7,10-12H2,1-2H3,(H,19,20,21). The number of nitrogens with zero attached hydrogens (tertiary/aromatic N) is 3. The van der Waals surface area contributed by atoms with Crippen LogP contribution in [0.1, 0.15) is 26.2 Å². The molecule has 22 heavy (non-hydrogen) atoms. The smallest absolute Gasteiger partial charge is 0.225 e. The van der Waals surface area contributed by atoms with Crippen molar-refractivity contribution in [2.24, 2.45) is 0 Å². The van der Waals surface area contributed by atoms with Crippen LogP contribution in [0.15, 0.2) is 24.3 Å². The lowest BCUT2D eigenvalue weighted by atomic mass is 10.1. The van der Waals surface area contributed by atoms with Crippen LogP contribution in [-0.2, 0) is 0 Å². The number of nitrogens with one attached hydrogen (secondary N) is 2. The van der Waals surface area contributed by atoms with Gasteiger partial charge in [-0.25, -0.2) is 4.98 Å². The number of hydrogen-bond donors (Lipinski definition) is 2. The lowest BCUT2D eigenvalue weighted by Gasteiger charge is -2.29. The van der Waals surface area contributed by atoms with E-state index >= 15 is 0 Å². The number of piperidine rings is 1. The molecule has 0 saturated carbocycles. The van der Waals surface area contributed by atoms with Crippen LogP contribution in [-0.4, -0.2) is 42.7 Å². The highest BCUT2D eigenvalue weighted by atomic mass is 15.2. The predicted octanol–water partition coefficient (Wildman–Crippen LogP) is 2.64. The molecular formula is C17H25N5. The van der Waals surface area contributed by atoms with Gasteiger partial charge in [-0.15, -0.1) is 0 Å². The van der Waals surface area contributed by atoms with Crippen LogP contribution in [0.2, 0.25) is 0 Å². The van der Waals surface area contributed by atoms with Gasteiger partial charge in [-0.2, -0.15) is 4.98 Å². The van der Waals surface area contributed by atoms with E-state index in [-0.39, 0.29) is 0 Å². The van der Waals surface area contributed by atoms with E-state index < -0.39 is 0 Å². The van der Waals surface area contributed by atoms with Gasteiger partial charge in [0, 0.05) is 31.1 Å².